The van der Waals surface area contributed by atoms with E-state index in [2.05, 4.69) is 4.98 Å². The smallest absolute Gasteiger partial charge is 0.255 e. The number of likely N-dealkylation sites (tertiary alicyclic amines) is 1. The highest BCUT2D eigenvalue weighted by atomic mass is 19.1. The van der Waals surface area contributed by atoms with Crippen LogP contribution in [0.5, 0.6) is 0 Å². The zero-order chi connectivity index (χ0) is 13.2. The van der Waals surface area contributed by atoms with E-state index >= 15 is 0 Å². The number of rotatable bonds is 1. The van der Waals surface area contributed by atoms with Gasteiger partial charge < -0.3 is 4.90 Å². The van der Waals surface area contributed by atoms with E-state index in [0.29, 0.717) is 17.5 Å². The molecule has 2 fully saturated rings. The number of piperidine rings is 1. The molecule has 1 aromatic heterocycles. The van der Waals surface area contributed by atoms with Crippen LogP contribution in [-0.4, -0.2) is 28.4 Å². The molecular weight excluding hydrogens is 243 g/mol. The van der Waals surface area contributed by atoms with Gasteiger partial charge in [-0.2, -0.15) is 4.39 Å². The summed E-state index contributed by atoms with van der Waals surface area (Å²) in [5.41, 5.74) is 0.507. The van der Waals surface area contributed by atoms with Crippen molar-refractivity contribution in [3.05, 3.63) is 29.8 Å². The Bertz CT molecular complexity index is 458. The number of aromatic nitrogens is 1. The summed E-state index contributed by atoms with van der Waals surface area (Å²) in [7, 11) is 0. The molecule has 19 heavy (non-hydrogen) atoms. The molecule has 102 valence electrons. The molecule has 1 aromatic rings. The first-order valence-corrected chi connectivity index (χ1v) is 7.18. The lowest BCUT2D eigenvalue weighted by Crippen LogP contribution is -2.49. The minimum absolute atomic E-state index is 0.0177. The van der Waals surface area contributed by atoms with E-state index in [9.17, 15) is 9.18 Å². The van der Waals surface area contributed by atoms with E-state index in [4.69, 9.17) is 0 Å². The lowest BCUT2D eigenvalue weighted by atomic mass is 9.78. The summed E-state index contributed by atoms with van der Waals surface area (Å²) in [5, 5.41) is 0. The standard InChI is InChI=1S/C15H19FN2O/c16-14-8-7-12(10-17-14)15(19)18-9-3-5-11-4-1-2-6-13(11)18/h7-8,10-11,13H,1-6,9H2/t11-,13-/m1/s1. The second-order valence-corrected chi connectivity index (χ2v) is 5.62. The SMILES string of the molecule is O=C(c1ccc(F)nc1)N1CCC[C@H]2CCCC[C@H]21. The molecule has 4 heteroatoms. The van der Waals surface area contributed by atoms with Crippen LogP contribution in [0.25, 0.3) is 0 Å². The molecule has 2 aliphatic rings. The molecule has 0 aromatic carbocycles. The van der Waals surface area contributed by atoms with Gasteiger partial charge in [0.25, 0.3) is 5.91 Å². The quantitative estimate of drug-likeness (QED) is 0.729. The van der Waals surface area contributed by atoms with Gasteiger partial charge in [-0.15, -0.1) is 0 Å². The second kappa shape index (κ2) is 5.27. The topological polar surface area (TPSA) is 33.2 Å². The number of amides is 1. The van der Waals surface area contributed by atoms with Gasteiger partial charge in [-0.1, -0.05) is 12.8 Å². The van der Waals surface area contributed by atoms with Crippen LogP contribution in [0.4, 0.5) is 4.39 Å². The largest absolute Gasteiger partial charge is 0.335 e. The Labute approximate surface area is 112 Å². The Morgan fingerprint density at radius 2 is 2.00 bits per heavy atom. The van der Waals surface area contributed by atoms with Crippen molar-refractivity contribution in [2.24, 2.45) is 5.92 Å². The van der Waals surface area contributed by atoms with Crippen molar-refractivity contribution in [2.75, 3.05) is 6.54 Å². The molecule has 1 aliphatic carbocycles. The fraction of sp³-hybridized carbons (Fsp3) is 0.600. The van der Waals surface area contributed by atoms with Crippen molar-refractivity contribution in [2.45, 2.75) is 44.6 Å². The fourth-order valence-electron chi connectivity index (χ4n) is 3.55. The maximum atomic E-state index is 12.8. The molecule has 0 unspecified atom stereocenters. The molecule has 3 rings (SSSR count). The van der Waals surface area contributed by atoms with E-state index in [-0.39, 0.29) is 5.91 Å². The number of hydrogen-bond donors (Lipinski definition) is 0. The predicted molar refractivity (Wildman–Crippen MR) is 70.2 cm³/mol. The van der Waals surface area contributed by atoms with Gasteiger partial charge in [0.05, 0.1) is 5.56 Å². The molecule has 1 aliphatic heterocycles. The number of nitrogens with zero attached hydrogens (tertiary/aromatic N) is 2. The first-order valence-electron chi connectivity index (χ1n) is 7.18. The van der Waals surface area contributed by atoms with Gasteiger partial charge in [0, 0.05) is 18.8 Å². The normalized spacial score (nSPS) is 26.9. The summed E-state index contributed by atoms with van der Waals surface area (Å²) in [6.07, 6.45) is 8.55. The summed E-state index contributed by atoms with van der Waals surface area (Å²) in [6.45, 7) is 0.831. The predicted octanol–water partition coefficient (Wildman–Crippen LogP) is 3.02. The minimum atomic E-state index is -0.536. The van der Waals surface area contributed by atoms with Crippen LogP contribution in [0.2, 0.25) is 0 Å². The van der Waals surface area contributed by atoms with E-state index in [1.165, 1.54) is 44.0 Å². The molecular formula is C15H19FN2O. The summed E-state index contributed by atoms with van der Waals surface area (Å²) in [6, 6.07) is 3.19. The van der Waals surface area contributed by atoms with Crippen LogP contribution in [0.1, 0.15) is 48.9 Å². The molecule has 0 radical (unpaired) electrons. The zero-order valence-electron chi connectivity index (χ0n) is 11.0. The van der Waals surface area contributed by atoms with Crippen LogP contribution >= 0.6 is 0 Å². The molecule has 1 saturated carbocycles. The van der Waals surface area contributed by atoms with Crippen LogP contribution in [0.3, 0.4) is 0 Å². The van der Waals surface area contributed by atoms with Crippen LogP contribution in [0.15, 0.2) is 18.3 Å². The van der Waals surface area contributed by atoms with Gasteiger partial charge in [0.1, 0.15) is 0 Å². The van der Waals surface area contributed by atoms with Gasteiger partial charge in [-0.25, -0.2) is 4.98 Å². The number of fused-ring (bicyclic) bond motifs is 1. The Hall–Kier alpha value is -1.45. The molecule has 1 saturated heterocycles. The van der Waals surface area contributed by atoms with E-state index in [0.717, 1.165) is 19.4 Å². The lowest BCUT2D eigenvalue weighted by Gasteiger charge is -2.44. The summed E-state index contributed by atoms with van der Waals surface area (Å²) >= 11 is 0. The molecule has 0 N–H and O–H groups in total. The van der Waals surface area contributed by atoms with Gasteiger partial charge in [-0.05, 0) is 43.7 Å². The average Bonchev–Trinajstić information content (AvgIpc) is 2.47. The van der Waals surface area contributed by atoms with Crippen molar-refractivity contribution in [1.29, 1.82) is 0 Å². The minimum Gasteiger partial charge on any atom is -0.335 e. The van der Waals surface area contributed by atoms with Gasteiger partial charge in [-0.3, -0.25) is 4.79 Å². The van der Waals surface area contributed by atoms with Crippen molar-refractivity contribution in [1.82, 2.24) is 9.88 Å². The molecule has 1 amide bonds. The Morgan fingerprint density at radius 3 is 2.79 bits per heavy atom. The number of carbonyl (C=O) groups excluding carboxylic acids is 1. The van der Waals surface area contributed by atoms with Crippen molar-refractivity contribution >= 4 is 5.91 Å². The third-order valence-corrected chi connectivity index (χ3v) is 4.48. The highest BCUT2D eigenvalue weighted by molar-refractivity contribution is 5.94. The van der Waals surface area contributed by atoms with Gasteiger partial charge in [0.15, 0.2) is 0 Å². The van der Waals surface area contributed by atoms with E-state index in [1.807, 2.05) is 4.90 Å². The third kappa shape index (κ3) is 2.48. The molecule has 2 atom stereocenters. The molecule has 0 spiro atoms. The van der Waals surface area contributed by atoms with Crippen molar-refractivity contribution in [3.63, 3.8) is 0 Å². The number of pyridine rings is 1. The average molecular weight is 262 g/mol. The highest BCUT2D eigenvalue weighted by Gasteiger charge is 2.35. The fourth-order valence-corrected chi connectivity index (χ4v) is 3.55. The number of carbonyl (C=O) groups is 1. The summed E-state index contributed by atoms with van der Waals surface area (Å²) < 4.78 is 12.8. The monoisotopic (exact) mass is 262 g/mol. The van der Waals surface area contributed by atoms with Crippen molar-refractivity contribution < 1.29 is 9.18 Å². The first kappa shape index (κ1) is 12.6. The van der Waals surface area contributed by atoms with E-state index in [1.54, 1.807) is 0 Å². The first-order chi connectivity index (χ1) is 9.25. The molecule has 2 heterocycles. The Morgan fingerprint density at radius 1 is 1.21 bits per heavy atom. The maximum Gasteiger partial charge on any atom is 0.255 e. The maximum absolute atomic E-state index is 12.8. The van der Waals surface area contributed by atoms with Crippen LogP contribution < -0.4 is 0 Å². The molecule has 0 bridgehead atoms. The lowest BCUT2D eigenvalue weighted by molar-refractivity contribution is 0.0390. The number of halogens is 1. The molecule has 3 nitrogen and oxygen atoms in total. The van der Waals surface area contributed by atoms with Gasteiger partial charge >= 0.3 is 0 Å². The van der Waals surface area contributed by atoms with Gasteiger partial charge in [0.2, 0.25) is 5.95 Å². The Kier molecular flexibility index (Phi) is 3.49. The second-order valence-electron chi connectivity index (χ2n) is 5.62. The summed E-state index contributed by atoms with van der Waals surface area (Å²) in [5.74, 6) is 0.148. The number of hydrogen-bond acceptors (Lipinski definition) is 2. The Balaban J connectivity index is 1.79. The van der Waals surface area contributed by atoms with E-state index < -0.39 is 5.95 Å². The highest BCUT2D eigenvalue weighted by Crippen LogP contribution is 2.35. The zero-order valence-corrected chi connectivity index (χ0v) is 11.0. The third-order valence-electron chi connectivity index (χ3n) is 4.48. The van der Waals surface area contributed by atoms with Crippen molar-refractivity contribution in [3.8, 4) is 0 Å². The van der Waals surface area contributed by atoms with Crippen LogP contribution in [0, 0.1) is 11.9 Å². The summed E-state index contributed by atoms with van der Waals surface area (Å²) in [4.78, 5) is 18.1. The van der Waals surface area contributed by atoms with Crippen LogP contribution in [-0.2, 0) is 0 Å².